The maximum absolute atomic E-state index is 12.6. The van der Waals surface area contributed by atoms with Crippen LogP contribution in [-0.2, 0) is 16.0 Å². The molecule has 140 valence electrons. The van der Waals surface area contributed by atoms with Crippen LogP contribution in [0.1, 0.15) is 24.8 Å². The molecule has 0 aliphatic carbocycles. The number of rotatable bonds is 5. The highest BCUT2D eigenvalue weighted by atomic mass is 19.4. The Morgan fingerprint density at radius 3 is 2.81 bits per heavy atom. The van der Waals surface area contributed by atoms with Crippen LogP contribution in [0, 0.1) is 0 Å². The number of nitrogens with zero attached hydrogens (tertiary/aromatic N) is 1. The van der Waals surface area contributed by atoms with E-state index in [9.17, 15) is 22.8 Å². The standard InChI is InChI=1S/C18H20F3N3O2/c19-18(20,21)17(26)24-10-4-8-15(24)16(25)22-9-3-5-12-11-23-14-7-2-1-6-13(12)14/h1-2,6-7,11,15,23H,3-5,8-10H2,(H,22,25)/t15-/m0/s1. The minimum absolute atomic E-state index is 0.0359. The Bertz CT molecular complexity index is 800. The van der Waals surface area contributed by atoms with Gasteiger partial charge in [-0.2, -0.15) is 13.2 Å². The summed E-state index contributed by atoms with van der Waals surface area (Å²) in [6.07, 6.45) is -0.968. The molecule has 1 fully saturated rings. The number of hydrogen-bond acceptors (Lipinski definition) is 2. The molecule has 2 N–H and O–H groups in total. The molecule has 1 aromatic carbocycles. The second-order valence-corrected chi connectivity index (χ2v) is 6.41. The molecule has 1 atom stereocenters. The molecule has 2 aromatic rings. The van der Waals surface area contributed by atoms with Gasteiger partial charge in [0.25, 0.3) is 0 Å². The summed E-state index contributed by atoms with van der Waals surface area (Å²) >= 11 is 0. The average Bonchev–Trinajstić information content (AvgIpc) is 3.24. The number of aromatic nitrogens is 1. The van der Waals surface area contributed by atoms with Crippen LogP contribution in [0.25, 0.3) is 10.9 Å². The van der Waals surface area contributed by atoms with Crippen molar-refractivity contribution in [3.63, 3.8) is 0 Å². The molecular formula is C18H20F3N3O2. The summed E-state index contributed by atoms with van der Waals surface area (Å²) in [6, 6.07) is 6.86. The molecule has 8 heteroatoms. The fourth-order valence-corrected chi connectivity index (χ4v) is 3.39. The molecule has 0 radical (unpaired) electrons. The van der Waals surface area contributed by atoms with E-state index in [2.05, 4.69) is 10.3 Å². The second-order valence-electron chi connectivity index (χ2n) is 6.41. The van der Waals surface area contributed by atoms with Crippen LogP contribution in [0.4, 0.5) is 13.2 Å². The van der Waals surface area contributed by atoms with Gasteiger partial charge in [-0.15, -0.1) is 0 Å². The molecule has 0 spiro atoms. The molecular weight excluding hydrogens is 347 g/mol. The normalized spacial score (nSPS) is 17.7. The van der Waals surface area contributed by atoms with Gasteiger partial charge in [-0.1, -0.05) is 18.2 Å². The van der Waals surface area contributed by atoms with Crippen molar-refractivity contribution in [3.05, 3.63) is 36.0 Å². The first-order valence-corrected chi connectivity index (χ1v) is 8.58. The van der Waals surface area contributed by atoms with E-state index < -0.39 is 24.0 Å². The molecule has 2 amide bonds. The first kappa shape index (κ1) is 18.3. The Morgan fingerprint density at radius 1 is 1.27 bits per heavy atom. The third kappa shape index (κ3) is 3.84. The molecule has 0 bridgehead atoms. The lowest BCUT2D eigenvalue weighted by molar-refractivity contribution is -0.186. The predicted octanol–water partition coefficient (Wildman–Crippen LogP) is 2.77. The van der Waals surface area contributed by atoms with Gasteiger partial charge < -0.3 is 15.2 Å². The molecule has 3 rings (SSSR count). The summed E-state index contributed by atoms with van der Waals surface area (Å²) < 4.78 is 37.8. The maximum Gasteiger partial charge on any atom is 0.471 e. The molecule has 1 aliphatic heterocycles. The molecule has 1 saturated heterocycles. The zero-order valence-corrected chi connectivity index (χ0v) is 14.1. The molecule has 2 heterocycles. The first-order chi connectivity index (χ1) is 12.4. The number of benzene rings is 1. The number of aromatic amines is 1. The van der Waals surface area contributed by atoms with Crippen molar-refractivity contribution in [2.75, 3.05) is 13.1 Å². The Labute approximate surface area is 148 Å². The summed E-state index contributed by atoms with van der Waals surface area (Å²) in [5, 5.41) is 3.78. The fraction of sp³-hybridized carbons (Fsp3) is 0.444. The summed E-state index contributed by atoms with van der Waals surface area (Å²) in [4.78, 5) is 27.4. The Kier molecular flexibility index (Phi) is 5.20. The third-order valence-electron chi connectivity index (χ3n) is 4.66. The second kappa shape index (κ2) is 7.39. The monoisotopic (exact) mass is 367 g/mol. The van der Waals surface area contributed by atoms with Gasteiger partial charge in [0.1, 0.15) is 6.04 Å². The molecule has 1 aliphatic rings. The Morgan fingerprint density at radius 2 is 2.04 bits per heavy atom. The van der Waals surface area contributed by atoms with Crippen molar-refractivity contribution >= 4 is 22.7 Å². The third-order valence-corrected chi connectivity index (χ3v) is 4.66. The quantitative estimate of drug-likeness (QED) is 0.798. The largest absolute Gasteiger partial charge is 0.471 e. The summed E-state index contributed by atoms with van der Waals surface area (Å²) in [5.74, 6) is -2.45. The smallest absolute Gasteiger partial charge is 0.361 e. The number of amides is 2. The van der Waals surface area contributed by atoms with Crippen molar-refractivity contribution in [1.29, 1.82) is 0 Å². The van der Waals surface area contributed by atoms with E-state index >= 15 is 0 Å². The topological polar surface area (TPSA) is 65.2 Å². The number of para-hydroxylation sites is 1. The predicted molar refractivity (Wildman–Crippen MR) is 90.4 cm³/mol. The van der Waals surface area contributed by atoms with E-state index in [4.69, 9.17) is 0 Å². The van der Waals surface area contributed by atoms with Crippen molar-refractivity contribution in [2.24, 2.45) is 0 Å². The summed E-state index contributed by atoms with van der Waals surface area (Å²) in [7, 11) is 0. The van der Waals surface area contributed by atoms with Crippen LogP contribution in [0.3, 0.4) is 0 Å². The van der Waals surface area contributed by atoms with Crippen molar-refractivity contribution in [1.82, 2.24) is 15.2 Å². The first-order valence-electron chi connectivity index (χ1n) is 8.58. The van der Waals surface area contributed by atoms with Crippen LogP contribution >= 0.6 is 0 Å². The van der Waals surface area contributed by atoms with E-state index in [0.717, 1.165) is 22.9 Å². The number of alkyl halides is 3. The Balaban J connectivity index is 1.50. The minimum Gasteiger partial charge on any atom is -0.361 e. The average molecular weight is 367 g/mol. The summed E-state index contributed by atoms with van der Waals surface area (Å²) in [6.45, 7) is 0.314. The van der Waals surface area contributed by atoms with Gasteiger partial charge in [-0.25, -0.2) is 0 Å². The zero-order valence-electron chi connectivity index (χ0n) is 14.1. The lowest BCUT2D eigenvalue weighted by atomic mass is 10.1. The zero-order chi connectivity index (χ0) is 18.7. The van der Waals surface area contributed by atoms with Gasteiger partial charge in [0.2, 0.25) is 5.91 Å². The maximum atomic E-state index is 12.6. The van der Waals surface area contributed by atoms with Gasteiger partial charge >= 0.3 is 12.1 Å². The highest BCUT2D eigenvalue weighted by molar-refractivity contribution is 5.90. The fourth-order valence-electron chi connectivity index (χ4n) is 3.39. The number of fused-ring (bicyclic) bond motifs is 1. The van der Waals surface area contributed by atoms with E-state index in [-0.39, 0.29) is 13.0 Å². The number of hydrogen-bond donors (Lipinski definition) is 2. The van der Waals surface area contributed by atoms with Crippen LogP contribution in [-0.4, -0.2) is 47.0 Å². The van der Waals surface area contributed by atoms with E-state index in [1.54, 1.807) is 0 Å². The molecule has 5 nitrogen and oxygen atoms in total. The van der Waals surface area contributed by atoms with Crippen LogP contribution in [0.5, 0.6) is 0 Å². The number of nitrogens with one attached hydrogen (secondary N) is 2. The van der Waals surface area contributed by atoms with E-state index in [1.807, 2.05) is 30.5 Å². The molecule has 26 heavy (non-hydrogen) atoms. The SMILES string of the molecule is O=C(NCCCc1c[nH]c2ccccc12)[C@@H]1CCCN1C(=O)C(F)(F)F. The number of aryl methyl sites for hydroxylation is 1. The summed E-state index contributed by atoms with van der Waals surface area (Å²) in [5.41, 5.74) is 2.17. The van der Waals surface area contributed by atoms with Crippen LogP contribution in [0.2, 0.25) is 0 Å². The minimum atomic E-state index is -4.95. The lowest BCUT2D eigenvalue weighted by Crippen LogP contribution is -2.50. The van der Waals surface area contributed by atoms with Gasteiger partial charge in [0, 0.05) is 30.2 Å². The lowest BCUT2D eigenvalue weighted by Gasteiger charge is -2.24. The van der Waals surface area contributed by atoms with Crippen molar-refractivity contribution < 1.29 is 22.8 Å². The van der Waals surface area contributed by atoms with E-state index in [1.165, 1.54) is 0 Å². The van der Waals surface area contributed by atoms with E-state index in [0.29, 0.717) is 24.3 Å². The number of halogens is 3. The van der Waals surface area contributed by atoms with Gasteiger partial charge in [-0.3, -0.25) is 9.59 Å². The van der Waals surface area contributed by atoms with Crippen molar-refractivity contribution in [2.45, 2.75) is 37.9 Å². The Hall–Kier alpha value is -2.51. The molecule has 1 aromatic heterocycles. The van der Waals surface area contributed by atoms with Gasteiger partial charge in [-0.05, 0) is 37.3 Å². The number of H-pyrrole nitrogens is 1. The highest BCUT2D eigenvalue weighted by Crippen LogP contribution is 2.25. The van der Waals surface area contributed by atoms with Crippen molar-refractivity contribution in [3.8, 4) is 0 Å². The van der Waals surface area contributed by atoms with Gasteiger partial charge in [0.05, 0.1) is 0 Å². The number of carbonyl (C=O) groups is 2. The van der Waals surface area contributed by atoms with Crippen LogP contribution in [0.15, 0.2) is 30.5 Å². The molecule has 0 saturated carbocycles. The highest BCUT2D eigenvalue weighted by Gasteiger charge is 2.47. The molecule has 0 unspecified atom stereocenters. The van der Waals surface area contributed by atoms with Gasteiger partial charge in [0.15, 0.2) is 0 Å². The van der Waals surface area contributed by atoms with Crippen LogP contribution < -0.4 is 5.32 Å². The number of likely N-dealkylation sites (tertiary alicyclic amines) is 1. The number of carbonyl (C=O) groups excluding carboxylic acids is 2.